The second-order valence-electron chi connectivity index (χ2n) is 6.05. The molecule has 8 nitrogen and oxygen atoms in total. The van der Waals surface area contributed by atoms with E-state index in [0.717, 1.165) is 0 Å². The van der Waals surface area contributed by atoms with E-state index in [1.54, 1.807) is 10.9 Å². The van der Waals surface area contributed by atoms with Crippen molar-refractivity contribution in [2.75, 3.05) is 18.6 Å². The Morgan fingerprint density at radius 2 is 2.23 bits per heavy atom. The summed E-state index contributed by atoms with van der Waals surface area (Å²) < 4.78 is 1.76. The molecule has 0 spiro atoms. The molecule has 9 heteroatoms. The lowest BCUT2D eigenvalue weighted by atomic mass is 10.0. The van der Waals surface area contributed by atoms with Crippen molar-refractivity contribution >= 4 is 28.7 Å². The number of hydrogen-bond donors (Lipinski definition) is 4. The van der Waals surface area contributed by atoms with Crippen LogP contribution in [0.4, 0.5) is 5.82 Å². The number of imidazole rings is 1. The van der Waals surface area contributed by atoms with Crippen molar-refractivity contribution in [1.82, 2.24) is 19.5 Å². The molecule has 2 saturated carbocycles. The maximum atomic E-state index is 10.4. The number of anilines is 1. The highest BCUT2D eigenvalue weighted by molar-refractivity contribution is 7.98. The fraction of sp³-hybridized carbons (Fsp3) is 0.615. The van der Waals surface area contributed by atoms with E-state index < -0.39 is 17.6 Å². The molecule has 2 aliphatic rings. The van der Waals surface area contributed by atoms with Crippen LogP contribution in [0.2, 0.25) is 0 Å². The van der Waals surface area contributed by atoms with Gasteiger partial charge in [-0.2, -0.15) is 0 Å². The molecule has 2 aromatic heterocycles. The molecule has 4 rings (SSSR count). The summed E-state index contributed by atoms with van der Waals surface area (Å²) in [6.45, 7) is -0.133. The van der Waals surface area contributed by atoms with E-state index in [-0.39, 0.29) is 18.6 Å². The Labute approximate surface area is 130 Å². The molecule has 0 amide bonds. The SMILES string of the molecule is CSc1nc(N)c2ncn([C@H]3[C@H](O)[C@H](O)[C@]4(CO)C[C@H]34)c2n1. The first-order chi connectivity index (χ1) is 10.5. The third-order valence-electron chi connectivity index (χ3n) is 5.08. The van der Waals surface area contributed by atoms with Crippen LogP contribution >= 0.6 is 11.8 Å². The molecule has 2 fully saturated rings. The van der Waals surface area contributed by atoms with Crippen LogP contribution in [0.3, 0.4) is 0 Å². The molecule has 0 aromatic carbocycles. The van der Waals surface area contributed by atoms with Crippen molar-refractivity contribution in [2.24, 2.45) is 11.3 Å². The minimum absolute atomic E-state index is 0.00817. The monoisotopic (exact) mass is 323 g/mol. The Hall–Kier alpha value is -1.42. The molecule has 0 saturated heterocycles. The van der Waals surface area contributed by atoms with Gasteiger partial charge in [0.1, 0.15) is 11.6 Å². The third-order valence-corrected chi connectivity index (χ3v) is 5.63. The normalized spacial score (nSPS) is 36.7. The molecule has 0 aliphatic heterocycles. The number of aromatic nitrogens is 4. The number of thioether (sulfide) groups is 1. The summed E-state index contributed by atoms with van der Waals surface area (Å²) in [7, 11) is 0. The largest absolute Gasteiger partial charge is 0.396 e. The Morgan fingerprint density at radius 1 is 1.45 bits per heavy atom. The average Bonchev–Trinajstić information content (AvgIpc) is 3.03. The zero-order valence-electron chi connectivity index (χ0n) is 11.9. The number of aliphatic hydroxyl groups excluding tert-OH is 3. The van der Waals surface area contributed by atoms with Gasteiger partial charge in [-0.05, 0) is 18.6 Å². The van der Waals surface area contributed by atoms with E-state index in [2.05, 4.69) is 15.0 Å². The lowest BCUT2D eigenvalue weighted by Crippen LogP contribution is -2.35. The molecule has 2 aromatic rings. The summed E-state index contributed by atoms with van der Waals surface area (Å²) in [4.78, 5) is 12.8. The van der Waals surface area contributed by atoms with E-state index in [0.29, 0.717) is 28.6 Å². The first kappa shape index (κ1) is 14.2. The summed E-state index contributed by atoms with van der Waals surface area (Å²) in [6, 6.07) is -0.365. The summed E-state index contributed by atoms with van der Waals surface area (Å²) in [5.74, 6) is 0.305. The first-order valence-electron chi connectivity index (χ1n) is 7.04. The third kappa shape index (κ3) is 1.62. The molecule has 22 heavy (non-hydrogen) atoms. The number of fused-ring (bicyclic) bond motifs is 2. The van der Waals surface area contributed by atoms with Crippen LogP contribution in [-0.4, -0.2) is 59.9 Å². The molecular formula is C13H17N5O3S. The van der Waals surface area contributed by atoms with Crippen molar-refractivity contribution in [2.45, 2.75) is 29.8 Å². The van der Waals surface area contributed by atoms with Gasteiger partial charge in [-0.15, -0.1) is 0 Å². The molecule has 5 atom stereocenters. The van der Waals surface area contributed by atoms with Crippen LogP contribution < -0.4 is 5.73 Å². The van der Waals surface area contributed by atoms with Gasteiger partial charge >= 0.3 is 0 Å². The van der Waals surface area contributed by atoms with Gasteiger partial charge in [0.2, 0.25) is 0 Å². The highest BCUT2D eigenvalue weighted by Crippen LogP contribution is 2.67. The van der Waals surface area contributed by atoms with E-state index in [9.17, 15) is 15.3 Å². The van der Waals surface area contributed by atoms with Crippen LogP contribution in [0.1, 0.15) is 12.5 Å². The molecule has 118 valence electrons. The minimum atomic E-state index is -0.961. The van der Waals surface area contributed by atoms with Crippen molar-refractivity contribution in [1.29, 1.82) is 0 Å². The second-order valence-corrected chi connectivity index (χ2v) is 6.82. The van der Waals surface area contributed by atoms with Gasteiger partial charge in [0.25, 0.3) is 0 Å². The molecule has 2 heterocycles. The number of nitrogens with two attached hydrogens (primary N) is 1. The fourth-order valence-electron chi connectivity index (χ4n) is 3.78. The highest BCUT2D eigenvalue weighted by Gasteiger charge is 2.71. The Bertz CT molecular complexity index is 753. The van der Waals surface area contributed by atoms with E-state index in [4.69, 9.17) is 5.73 Å². The number of rotatable bonds is 3. The van der Waals surface area contributed by atoms with Crippen molar-refractivity contribution in [3.05, 3.63) is 6.33 Å². The van der Waals surface area contributed by atoms with Crippen LogP contribution in [0.5, 0.6) is 0 Å². The maximum absolute atomic E-state index is 10.4. The topological polar surface area (TPSA) is 130 Å². The predicted molar refractivity (Wildman–Crippen MR) is 80.2 cm³/mol. The molecule has 0 radical (unpaired) electrons. The molecule has 0 unspecified atom stereocenters. The van der Waals surface area contributed by atoms with Gasteiger partial charge in [-0.3, -0.25) is 0 Å². The summed E-state index contributed by atoms with van der Waals surface area (Å²) in [5.41, 5.74) is 6.35. The summed E-state index contributed by atoms with van der Waals surface area (Å²) >= 11 is 1.37. The van der Waals surface area contributed by atoms with Crippen LogP contribution in [-0.2, 0) is 0 Å². The van der Waals surface area contributed by atoms with Crippen molar-refractivity contribution in [3.63, 3.8) is 0 Å². The van der Waals surface area contributed by atoms with E-state index in [1.807, 2.05) is 6.26 Å². The lowest BCUT2D eigenvalue weighted by molar-refractivity contribution is -0.0300. The van der Waals surface area contributed by atoms with Crippen LogP contribution in [0.25, 0.3) is 11.2 Å². The van der Waals surface area contributed by atoms with E-state index in [1.165, 1.54) is 11.8 Å². The predicted octanol–water partition coefficient (Wildman–Crippen LogP) is -0.595. The Balaban J connectivity index is 1.84. The maximum Gasteiger partial charge on any atom is 0.191 e. The number of aliphatic hydroxyl groups is 3. The van der Waals surface area contributed by atoms with Gasteiger partial charge in [0, 0.05) is 5.41 Å². The van der Waals surface area contributed by atoms with Gasteiger partial charge in [-0.25, -0.2) is 15.0 Å². The molecule has 5 N–H and O–H groups in total. The highest BCUT2D eigenvalue weighted by atomic mass is 32.2. The quantitative estimate of drug-likeness (QED) is 0.435. The smallest absolute Gasteiger partial charge is 0.191 e. The van der Waals surface area contributed by atoms with Gasteiger partial charge in [-0.1, -0.05) is 11.8 Å². The lowest BCUT2D eigenvalue weighted by Gasteiger charge is -2.23. The van der Waals surface area contributed by atoms with Gasteiger partial charge in [0.05, 0.1) is 25.1 Å². The first-order valence-corrected chi connectivity index (χ1v) is 8.27. The molecular weight excluding hydrogens is 306 g/mol. The van der Waals surface area contributed by atoms with Crippen LogP contribution in [0.15, 0.2) is 11.5 Å². The summed E-state index contributed by atoms with van der Waals surface area (Å²) in [5, 5.41) is 30.7. The average molecular weight is 323 g/mol. The van der Waals surface area contributed by atoms with Crippen molar-refractivity contribution < 1.29 is 15.3 Å². The van der Waals surface area contributed by atoms with E-state index >= 15 is 0 Å². The number of hydrogen-bond acceptors (Lipinski definition) is 8. The van der Waals surface area contributed by atoms with Crippen molar-refractivity contribution in [3.8, 4) is 0 Å². The zero-order valence-corrected chi connectivity index (χ0v) is 12.7. The standard InChI is InChI=1S/C13H17N5O3S/c1-22-12-16-10(14)6-11(17-12)18(4-15-6)7-5-2-13(5,3-19)9(21)8(7)20/h4-5,7-9,19-21H,2-3H2,1H3,(H2,14,16,17)/t5-,7-,8+,9+,13+/m1/s1. The zero-order chi connectivity index (χ0) is 15.6. The fourth-order valence-corrected chi connectivity index (χ4v) is 4.14. The summed E-state index contributed by atoms with van der Waals surface area (Å²) in [6.07, 6.45) is 2.21. The van der Waals surface area contributed by atoms with Crippen LogP contribution in [0, 0.1) is 11.3 Å². The molecule has 0 bridgehead atoms. The van der Waals surface area contributed by atoms with Gasteiger partial charge < -0.3 is 25.6 Å². The van der Waals surface area contributed by atoms with Gasteiger partial charge in [0.15, 0.2) is 16.6 Å². The number of nitrogen functional groups attached to an aromatic ring is 1. The Morgan fingerprint density at radius 3 is 2.86 bits per heavy atom. The molecule has 2 aliphatic carbocycles. The second kappa shape index (κ2) is 4.54. The minimum Gasteiger partial charge on any atom is -0.396 e. The number of nitrogens with zero attached hydrogens (tertiary/aromatic N) is 4. The Kier molecular flexibility index (Phi) is 2.93.